The molecule has 0 amide bonds. The topological polar surface area (TPSA) is 59.6 Å². The predicted molar refractivity (Wildman–Crippen MR) is 80.1 cm³/mol. The van der Waals surface area contributed by atoms with Crippen LogP contribution in [-0.4, -0.2) is 35.9 Å². The van der Waals surface area contributed by atoms with Crippen LogP contribution in [0, 0.1) is 5.82 Å². The smallest absolute Gasteiger partial charge is 0.123 e. The monoisotopic (exact) mass is 298 g/mol. The molecular formula is C13H19FN4OS. The minimum atomic E-state index is -0.243. The van der Waals surface area contributed by atoms with E-state index in [1.54, 1.807) is 12.1 Å². The average molecular weight is 298 g/mol. The zero-order chi connectivity index (χ0) is 14.4. The summed E-state index contributed by atoms with van der Waals surface area (Å²) in [5, 5.41) is 18.1. The standard InChI is InChI=1S/C13H19FN4OS/c1-10(15-6-7-19)8-18-9-13(20-17-18)16-12-4-2-11(14)3-5-12/h2-5,9-10,15-17,19H,6-8H2,1H3. The Bertz CT molecular complexity index is 454. The maximum Gasteiger partial charge on any atom is 0.123 e. The van der Waals surface area contributed by atoms with Crippen LogP contribution in [0.4, 0.5) is 10.1 Å². The van der Waals surface area contributed by atoms with Crippen LogP contribution in [0.2, 0.25) is 0 Å². The quantitative estimate of drug-likeness (QED) is 0.572. The number of rotatable bonds is 7. The van der Waals surface area contributed by atoms with Crippen molar-refractivity contribution < 1.29 is 9.50 Å². The molecule has 1 unspecified atom stereocenters. The molecule has 0 aromatic heterocycles. The van der Waals surface area contributed by atoms with Gasteiger partial charge in [-0.15, -0.1) is 0 Å². The lowest BCUT2D eigenvalue weighted by atomic mass is 10.3. The Balaban J connectivity index is 1.82. The van der Waals surface area contributed by atoms with Crippen molar-refractivity contribution in [2.75, 3.05) is 25.0 Å². The summed E-state index contributed by atoms with van der Waals surface area (Å²) in [6.45, 7) is 3.56. The van der Waals surface area contributed by atoms with Crippen LogP contribution in [-0.2, 0) is 0 Å². The van der Waals surface area contributed by atoms with Crippen molar-refractivity contribution in [2.45, 2.75) is 13.0 Å². The Morgan fingerprint density at radius 2 is 2.15 bits per heavy atom. The van der Waals surface area contributed by atoms with Gasteiger partial charge in [0.1, 0.15) is 10.8 Å². The van der Waals surface area contributed by atoms with Crippen LogP contribution in [0.3, 0.4) is 0 Å². The number of hydrogen-bond acceptors (Lipinski definition) is 6. The van der Waals surface area contributed by atoms with Gasteiger partial charge in [0.15, 0.2) is 0 Å². The number of nitrogens with one attached hydrogen (secondary N) is 3. The summed E-state index contributed by atoms with van der Waals surface area (Å²) in [7, 11) is 0. The molecule has 7 heteroatoms. The molecule has 0 radical (unpaired) electrons. The molecule has 0 bridgehead atoms. The highest BCUT2D eigenvalue weighted by Gasteiger charge is 2.15. The zero-order valence-electron chi connectivity index (χ0n) is 11.3. The van der Waals surface area contributed by atoms with Gasteiger partial charge in [0.2, 0.25) is 0 Å². The molecule has 0 saturated heterocycles. The van der Waals surface area contributed by atoms with E-state index in [1.165, 1.54) is 24.1 Å². The summed E-state index contributed by atoms with van der Waals surface area (Å²) >= 11 is 1.47. The number of nitrogens with zero attached hydrogens (tertiary/aromatic N) is 1. The summed E-state index contributed by atoms with van der Waals surface area (Å²) < 4.78 is 12.8. The van der Waals surface area contributed by atoms with Gasteiger partial charge in [-0.3, -0.25) is 0 Å². The molecule has 0 spiro atoms. The van der Waals surface area contributed by atoms with Gasteiger partial charge in [-0.05, 0) is 43.1 Å². The van der Waals surface area contributed by atoms with Crippen molar-refractivity contribution in [3.8, 4) is 0 Å². The van der Waals surface area contributed by atoms with E-state index in [4.69, 9.17) is 5.11 Å². The Morgan fingerprint density at radius 1 is 1.40 bits per heavy atom. The molecule has 5 nitrogen and oxygen atoms in total. The van der Waals surface area contributed by atoms with Gasteiger partial charge < -0.3 is 20.7 Å². The Kier molecular flexibility index (Phi) is 5.66. The molecule has 0 aliphatic carbocycles. The summed E-state index contributed by atoms with van der Waals surface area (Å²) in [4.78, 5) is 3.16. The molecule has 0 saturated carbocycles. The van der Waals surface area contributed by atoms with E-state index in [9.17, 15) is 4.39 Å². The van der Waals surface area contributed by atoms with Crippen LogP contribution in [0.25, 0.3) is 0 Å². The lowest BCUT2D eigenvalue weighted by Crippen LogP contribution is -2.40. The lowest BCUT2D eigenvalue weighted by Gasteiger charge is -2.20. The highest BCUT2D eigenvalue weighted by molar-refractivity contribution is 8.01. The van der Waals surface area contributed by atoms with E-state index in [0.29, 0.717) is 6.54 Å². The van der Waals surface area contributed by atoms with Crippen molar-refractivity contribution in [1.82, 2.24) is 15.2 Å². The van der Waals surface area contributed by atoms with E-state index in [1.807, 2.05) is 11.2 Å². The summed E-state index contributed by atoms with van der Waals surface area (Å²) in [6, 6.07) is 6.51. The molecule has 2 rings (SSSR count). The molecule has 20 heavy (non-hydrogen) atoms. The molecule has 0 fully saturated rings. The van der Waals surface area contributed by atoms with Gasteiger partial charge in [-0.1, -0.05) is 0 Å². The summed E-state index contributed by atoms with van der Waals surface area (Å²) in [6.07, 6.45) is 1.96. The van der Waals surface area contributed by atoms with E-state index in [0.717, 1.165) is 17.3 Å². The summed E-state index contributed by atoms with van der Waals surface area (Å²) in [5.41, 5.74) is 0.847. The predicted octanol–water partition coefficient (Wildman–Crippen LogP) is 1.48. The molecule has 1 aliphatic rings. The third kappa shape index (κ3) is 4.68. The van der Waals surface area contributed by atoms with Gasteiger partial charge in [-0.2, -0.15) is 4.83 Å². The number of benzene rings is 1. The van der Waals surface area contributed by atoms with Crippen LogP contribution in [0.1, 0.15) is 6.92 Å². The molecule has 1 heterocycles. The van der Waals surface area contributed by atoms with E-state index in [-0.39, 0.29) is 18.5 Å². The first-order valence-electron chi connectivity index (χ1n) is 6.45. The van der Waals surface area contributed by atoms with Crippen molar-refractivity contribution >= 4 is 17.6 Å². The van der Waals surface area contributed by atoms with Crippen LogP contribution in [0.5, 0.6) is 0 Å². The first-order chi connectivity index (χ1) is 9.67. The largest absolute Gasteiger partial charge is 0.395 e. The van der Waals surface area contributed by atoms with Crippen LogP contribution < -0.4 is 15.5 Å². The van der Waals surface area contributed by atoms with Gasteiger partial charge in [0.25, 0.3) is 0 Å². The Hall–Kier alpha value is -1.28. The van der Waals surface area contributed by atoms with Crippen molar-refractivity contribution in [2.24, 2.45) is 0 Å². The van der Waals surface area contributed by atoms with Gasteiger partial charge in [-0.25, -0.2) is 4.39 Å². The number of aliphatic hydroxyl groups excluding tert-OH is 1. The maximum atomic E-state index is 12.8. The third-order valence-electron chi connectivity index (χ3n) is 2.73. The lowest BCUT2D eigenvalue weighted by molar-refractivity contribution is 0.267. The molecular weight excluding hydrogens is 279 g/mol. The first kappa shape index (κ1) is 15.1. The van der Waals surface area contributed by atoms with Gasteiger partial charge >= 0.3 is 0 Å². The van der Waals surface area contributed by atoms with Gasteiger partial charge in [0, 0.05) is 31.0 Å². The fraction of sp³-hybridized carbons (Fsp3) is 0.385. The van der Waals surface area contributed by atoms with Crippen LogP contribution >= 0.6 is 11.9 Å². The Labute approximate surface area is 122 Å². The number of anilines is 1. The SMILES string of the molecule is CC(CN1C=C(Nc2ccc(F)cc2)SN1)NCCO. The fourth-order valence-electron chi connectivity index (χ4n) is 1.80. The van der Waals surface area contributed by atoms with E-state index >= 15 is 0 Å². The minimum absolute atomic E-state index is 0.139. The van der Waals surface area contributed by atoms with Crippen molar-refractivity contribution in [3.63, 3.8) is 0 Å². The number of hydrazine groups is 1. The number of hydrogen-bond donors (Lipinski definition) is 4. The summed E-state index contributed by atoms with van der Waals surface area (Å²) in [5.74, 6) is -0.243. The van der Waals surface area contributed by atoms with Crippen molar-refractivity contribution in [3.05, 3.63) is 41.3 Å². The van der Waals surface area contributed by atoms with E-state index < -0.39 is 0 Å². The second-order valence-corrected chi connectivity index (χ2v) is 5.38. The molecule has 1 aliphatic heterocycles. The molecule has 1 atom stereocenters. The van der Waals surface area contributed by atoms with Gasteiger partial charge in [0.05, 0.1) is 6.61 Å². The third-order valence-corrected chi connectivity index (χ3v) is 3.49. The maximum absolute atomic E-state index is 12.8. The minimum Gasteiger partial charge on any atom is -0.395 e. The zero-order valence-corrected chi connectivity index (χ0v) is 12.1. The highest BCUT2D eigenvalue weighted by atomic mass is 32.2. The highest BCUT2D eigenvalue weighted by Crippen LogP contribution is 2.22. The Morgan fingerprint density at radius 3 is 2.85 bits per heavy atom. The number of halogens is 1. The average Bonchev–Trinajstić information content (AvgIpc) is 2.86. The molecule has 4 N–H and O–H groups in total. The number of aliphatic hydroxyl groups is 1. The second-order valence-electron chi connectivity index (χ2n) is 4.55. The normalized spacial score (nSPS) is 16.1. The van der Waals surface area contributed by atoms with E-state index in [2.05, 4.69) is 22.4 Å². The molecule has 110 valence electrons. The van der Waals surface area contributed by atoms with Crippen molar-refractivity contribution in [1.29, 1.82) is 0 Å². The molecule has 1 aromatic rings. The second kappa shape index (κ2) is 7.49. The first-order valence-corrected chi connectivity index (χ1v) is 7.27. The van der Waals surface area contributed by atoms with Crippen LogP contribution in [0.15, 0.2) is 35.5 Å². The molecule has 1 aromatic carbocycles. The fourth-order valence-corrected chi connectivity index (χ4v) is 2.49.